The average Bonchev–Trinajstić information content (AvgIpc) is 3.30. The fourth-order valence-corrected chi connectivity index (χ4v) is 3.93. The van der Waals surface area contributed by atoms with Crippen LogP contribution in [0.4, 0.5) is 0 Å². The number of rotatable bonds is 8. The third-order valence-electron chi connectivity index (χ3n) is 4.53. The van der Waals surface area contributed by atoms with Crippen LogP contribution >= 0.6 is 11.3 Å². The molecule has 0 unspecified atom stereocenters. The molecule has 4 rings (SSSR count). The van der Waals surface area contributed by atoms with Gasteiger partial charge < -0.3 is 9.47 Å². The van der Waals surface area contributed by atoms with E-state index in [1.807, 2.05) is 61.5 Å². The second kappa shape index (κ2) is 9.09. The van der Waals surface area contributed by atoms with Gasteiger partial charge in [-0.3, -0.25) is 4.79 Å². The van der Waals surface area contributed by atoms with Gasteiger partial charge in [0.2, 0.25) is 4.96 Å². The number of fused-ring (bicyclic) bond motifs is 1. The van der Waals surface area contributed by atoms with Gasteiger partial charge in [0.25, 0.3) is 5.56 Å². The van der Waals surface area contributed by atoms with E-state index in [4.69, 9.17) is 9.47 Å². The molecule has 6 nitrogen and oxygen atoms in total. The first-order valence-corrected chi connectivity index (χ1v) is 10.9. The average molecular weight is 422 g/mol. The molecule has 0 fully saturated rings. The Bertz CT molecular complexity index is 1250. The number of benzene rings is 2. The first kappa shape index (κ1) is 20.1. The standard InChI is InChI=1S/C23H23N3O3S/c1-3-5-13-29-18-12-11-16(14-19(18)28-4-2)15-20-22(27)26-23(30-20)24-21(25-26)17-9-7-6-8-10-17/h6-12,14-15H,3-5,13H2,1-2H3/b20-15-. The normalized spacial score (nSPS) is 11.9. The third kappa shape index (κ3) is 4.21. The topological polar surface area (TPSA) is 65.7 Å². The van der Waals surface area contributed by atoms with Gasteiger partial charge in [-0.2, -0.15) is 9.50 Å². The van der Waals surface area contributed by atoms with Crippen LogP contribution in [0.15, 0.2) is 53.3 Å². The molecule has 4 aromatic rings. The van der Waals surface area contributed by atoms with Crippen molar-refractivity contribution in [1.82, 2.24) is 14.6 Å². The molecule has 0 aliphatic heterocycles. The maximum atomic E-state index is 12.8. The fraction of sp³-hybridized carbons (Fsp3) is 0.261. The van der Waals surface area contributed by atoms with Crippen molar-refractivity contribution in [3.05, 3.63) is 69.0 Å². The minimum atomic E-state index is -0.175. The van der Waals surface area contributed by atoms with Gasteiger partial charge in [-0.05, 0) is 37.1 Å². The van der Waals surface area contributed by atoms with Gasteiger partial charge in [0.05, 0.1) is 17.7 Å². The Labute approximate surface area is 178 Å². The van der Waals surface area contributed by atoms with Crippen molar-refractivity contribution >= 4 is 22.4 Å². The molecule has 7 heteroatoms. The molecule has 0 saturated heterocycles. The summed E-state index contributed by atoms with van der Waals surface area (Å²) in [6.45, 7) is 5.26. The van der Waals surface area contributed by atoms with E-state index in [1.54, 1.807) is 0 Å². The Balaban J connectivity index is 1.67. The van der Waals surface area contributed by atoms with Crippen molar-refractivity contribution in [2.24, 2.45) is 0 Å². The van der Waals surface area contributed by atoms with Crippen molar-refractivity contribution in [2.45, 2.75) is 26.7 Å². The van der Waals surface area contributed by atoms with Crippen LogP contribution in [-0.4, -0.2) is 27.8 Å². The molecular formula is C23H23N3O3S. The zero-order valence-electron chi connectivity index (χ0n) is 17.0. The number of hydrogen-bond donors (Lipinski definition) is 0. The summed E-state index contributed by atoms with van der Waals surface area (Å²) in [5, 5.41) is 4.39. The lowest BCUT2D eigenvalue weighted by atomic mass is 10.2. The van der Waals surface area contributed by atoms with Gasteiger partial charge >= 0.3 is 0 Å². The SMILES string of the molecule is CCCCOc1ccc(/C=c2\sc3nc(-c4ccccc4)nn3c2=O)cc1OCC. The first-order chi connectivity index (χ1) is 14.7. The van der Waals surface area contributed by atoms with E-state index in [-0.39, 0.29) is 5.56 Å². The zero-order chi connectivity index (χ0) is 20.9. The maximum absolute atomic E-state index is 12.8. The summed E-state index contributed by atoms with van der Waals surface area (Å²) in [6, 6.07) is 15.4. The largest absolute Gasteiger partial charge is 0.490 e. The number of unbranched alkanes of at least 4 members (excludes halogenated alkanes) is 1. The van der Waals surface area contributed by atoms with Crippen molar-refractivity contribution in [1.29, 1.82) is 0 Å². The Kier molecular flexibility index (Phi) is 6.09. The molecule has 0 radical (unpaired) electrons. The van der Waals surface area contributed by atoms with Crippen molar-refractivity contribution in [2.75, 3.05) is 13.2 Å². The van der Waals surface area contributed by atoms with Crippen LogP contribution in [0.1, 0.15) is 32.3 Å². The molecule has 0 N–H and O–H groups in total. The van der Waals surface area contributed by atoms with E-state index in [0.717, 1.165) is 29.7 Å². The predicted octanol–water partition coefficient (Wildman–Crippen LogP) is 3.94. The highest BCUT2D eigenvalue weighted by molar-refractivity contribution is 7.15. The van der Waals surface area contributed by atoms with E-state index in [9.17, 15) is 4.79 Å². The number of thiazole rings is 1. The Morgan fingerprint density at radius 1 is 1.07 bits per heavy atom. The van der Waals surface area contributed by atoms with Crippen molar-refractivity contribution in [3.8, 4) is 22.9 Å². The smallest absolute Gasteiger partial charge is 0.291 e. The lowest BCUT2D eigenvalue weighted by Gasteiger charge is -2.12. The summed E-state index contributed by atoms with van der Waals surface area (Å²) < 4.78 is 13.5. The minimum Gasteiger partial charge on any atom is -0.490 e. The molecular weight excluding hydrogens is 398 g/mol. The number of hydrogen-bond acceptors (Lipinski definition) is 6. The number of ether oxygens (including phenoxy) is 2. The molecule has 2 aromatic heterocycles. The van der Waals surface area contributed by atoms with Gasteiger partial charge in [-0.25, -0.2) is 0 Å². The first-order valence-electron chi connectivity index (χ1n) is 10.1. The lowest BCUT2D eigenvalue weighted by molar-refractivity contribution is 0.272. The summed E-state index contributed by atoms with van der Waals surface area (Å²) >= 11 is 1.32. The Morgan fingerprint density at radius 2 is 1.90 bits per heavy atom. The molecule has 0 aliphatic rings. The summed E-state index contributed by atoms with van der Waals surface area (Å²) in [4.78, 5) is 17.9. The lowest BCUT2D eigenvalue weighted by Crippen LogP contribution is -2.23. The van der Waals surface area contributed by atoms with Gasteiger partial charge in [-0.15, -0.1) is 5.10 Å². The second-order valence-electron chi connectivity index (χ2n) is 6.75. The van der Waals surface area contributed by atoms with Crippen LogP contribution in [-0.2, 0) is 0 Å². The monoisotopic (exact) mass is 421 g/mol. The summed E-state index contributed by atoms with van der Waals surface area (Å²) in [6.07, 6.45) is 3.90. The van der Waals surface area contributed by atoms with Crippen LogP contribution < -0.4 is 19.6 Å². The predicted molar refractivity (Wildman–Crippen MR) is 119 cm³/mol. The van der Waals surface area contributed by atoms with Crippen molar-refractivity contribution in [3.63, 3.8) is 0 Å². The highest BCUT2D eigenvalue weighted by atomic mass is 32.1. The van der Waals surface area contributed by atoms with E-state index in [0.29, 0.717) is 34.3 Å². The fourth-order valence-electron chi connectivity index (χ4n) is 3.02. The summed E-state index contributed by atoms with van der Waals surface area (Å²) in [5.74, 6) is 1.96. The van der Waals surface area contributed by atoms with E-state index < -0.39 is 0 Å². The Morgan fingerprint density at radius 3 is 2.63 bits per heavy atom. The molecule has 2 heterocycles. The van der Waals surface area contributed by atoms with E-state index >= 15 is 0 Å². The summed E-state index contributed by atoms with van der Waals surface area (Å²) in [5.41, 5.74) is 1.58. The number of aromatic nitrogens is 3. The van der Waals surface area contributed by atoms with Gasteiger partial charge in [-0.1, -0.05) is 61.1 Å². The highest BCUT2D eigenvalue weighted by Crippen LogP contribution is 2.29. The minimum absolute atomic E-state index is 0.175. The van der Waals surface area contributed by atoms with Crippen LogP contribution in [0.2, 0.25) is 0 Å². The molecule has 2 aromatic carbocycles. The molecule has 0 bridgehead atoms. The van der Waals surface area contributed by atoms with E-state index in [2.05, 4.69) is 17.0 Å². The molecule has 0 atom stereocenters. The van der Waals surface area contributed by atoms with Crippen LogP contribution in [0, 0.1) is 0 Å². The molecule has 0 saturated carbocycles. The van der Waals surface area contributed by atoms with E-state index in [1.165, 1.54) is 15.9 Å². The van der Waals surface area contributed by atoms with Crippen LogP contribution in [0.5, 0.6) is 11.5 Å². The van der Waals surface area contributed by atoms with Gasteiger partial charge in [0, 0.05) is 5.56 Å². The van der Waals surface area contributed by atoms with Gasteiger partial charge in [0.15, 0.2) is 17.3 Å². The Hall–Kier alpha value is -3.19. The molecule has 0 aliphatic carbocycles. The third-order valence-corrected chi connectivity index (χ3v) is 5.49. The summed E-state index contributed by atoms with van der Waals surface area (Å²) in [7, 11) is 0. The molecule has 30 heavy (non-hydrogen) atoms. The highest BCUT2D eigenvalue weighted by Gasteiger charge is 2.12. The number of nitrogens with zero attached hydrogens (tertiary/aromatic N) is 3. The quantitative estimate of drug-likeness (QED) is 0.403. The second-order valence-corrected chi connectivity index (χ2v) is 7.76. The van der Waals surface area contributed by atoms with Crippen LogP contribution in [0.25, 0.3) is 22.4 Å². The van der Waals surface area contributed by atoms with Crippen molar-refractivity contribution < 1.29 is 9.47 Å². The molecule has 0 spiro atoms. The zero-order valence-corrected chi connectivity index (χ0v) is 17.8. The van der Waals surface area contributed by atoms with Gasteiger partial charge in [0.1, 0.15) is 0 Å². The molecule has 154 valence electrons. The maximum Gasteiger partial charge on any atom is 0.291 e. The molecule has 0 amide bonds. The van der Waals surface area contributed by atoms with Crippen LogP contribution in [0.3, 0.4) is 0 Å².